The van der Waals surface area contributed by atoms with Crippen LogP contribution in [-0.2, 0) is 19.4 Å². The van der Waals surface area contributed by atoms with Gasteiger partial charge in [0.05, 0.1) is 30.2 Å². The first-order chi connectivity index (χ1) is 9.89. The second-order valence-corrected chi connectivity index (χ2v) is 6.27. The second-order valence-electron chi connectivity index (χ2n) is 4.09. The van der Waals surface area contributed by atoms with Crippen LogP contribution in [0.2, 0.25) is 0 Å². The molecule has 0 aliphatic rings. The average Bonchev–Trinajstić information content (AvgIpc) is 2.44. The number of ether oxygens (including phenoxy) is 1. The van der Waals surface area contributed by atoms with Crippen LogP contribution in [0.4, 0.5) is 5.69 Å². The van der Waals surface area contributed by atoms with E-state index in [0.29, 0.717) is 0 Å². The lowest BCUT2D eigenvalue weighted by atomic mass is 10.2. The molecule has 0 saturated heterocycles. The smallest absolute Gasteiger partial charge is 0.339 e. The van der Waals surface area contributed by atoms with Crippen LogP contribution in [0, 0.1) is 11.3 Å². The molecule has 1 amide bonds. The van der Waals surface area contributed by atoms with Crippen molar-refractivity contribution in [1.29, 1.82) is 5.26 Å². The van der Waals surface area contributed by atoms with E-state index in [1.165, 1.54) is 19.2 Å². The number of para-hydroxylation sites is 1. The summed E-state index contributed by atoms with van der Waals surface area (Å²) in [5.41, 5.74) is 0.299. The minimum absolute atomic E-state index is 0.128. The van der Waals surface area contributed by atoms with E-state index in [4.69, 9.17) is 5.26 Å². The van der Waals surface area contributed by atoms with Crippen LogP contribution >= 0.6 is 0 Å². The summed E-state index contributed by atoms with van der Waals surface area (Å²) in [6.45, 7) is 0. The Bertz CT molecular complexity index is 676. The highest BCUT2D eigenvalue weighted by Crippen LogP contribution is 2.16. The minimum Gasteiger partial charge on any atom is -0.465 e. The van der Waals surface area contributed by atoms with Gasteiger partial charge in [-0.05, 0) is 12.1 Å². The number of benzene rings is 1. The van der Waals surface area contributed by atoms with Crippen LogP contribution in [0.3, 0.4) is 0 Å². The highest BCUT2D eigenvalue weighted by Gasteiger charge is 2.18. The van der Waals surface area contributed by atoms with Crippen molar-refractivity contribution < 1.29 is 22.7 Å². The van der Waals surface area contributed by atoms with Crippen molar-refractivity contribution in [3.8, 4) is 6.07 Å². The summed E-state index contributed by atoms with van der Waals surface area (Å²) in [6, 6.07) is 7.80. The summed E-state index contributed by atoms with van der Waals surface area (Å²) < 4.78 is 27.7. The van der Waals surface area contributed by atoms with Crippen molar-refractivity contribution in [2.24, 2.45) is 0 Å². The van der Waals surface area contributed by atoms with Crippen LogP contribution < -0.4 is 5.32 Å². The monoisotopic (exact) mass is 310 g/mol. The van der Waals surface area contributed by atoms with Crippen molar-refractivity contribution in [1.82, 2.24) is 0 Å². The molecular formula is C13H14N2O5S. The zero-order valence-electron chi connectivity index (χ0n) is 11.3. The number of amides is 1. The van der Waals surface area contributed by atoms with Crippen molar-refractivity contribution in [3.05, 3.63) is 29.8 Å². The standard InChI is InChI=1S/C13H14N2O5S/c1-20-13(17)10-5-2-3-6-11(10)15-12(16)9-21(18,19)8-4-7-14/h2-3,5-6H,4,8-9H2,1H3,(H,15,16). The molecule has 0 spiro atoms. The fraction of sp³-hybridized carbons (Fsp3) is 0.308. The van der Waals surface area contributed by atoms with Crippen LogP contribution in [0.15, 0.2) is 24.3 Å². The number of hydrogen-bond donors (Lipinski definition) is 1. The van der Waals surface area contributed by atoms with E-state index in [1.54, 1.807) is 18.2 Å². The summed E-state index contributed by atoms with van der Waals surface area (Å²) >= 11 is 0. The first kappa shape index (κ1) is 16.7. The van der Waals surface area contributed by atoms with E-state index in [9.17, 15) is 18.0 Å². The quantitative estimate of drug-likeness (QED) is 0.775. The Morgan fingerprint density at radius 3 is 2.62 bits per heavy atom. The molecule has 8 heteroatoms. The molecule has 0 bridgehead atoms. The summed E-state index contributed by atoms with van der Waals surface area (Å²) in [5.74, 6) is -2.54. The molecule has 0 aliphatic carbocycles. The van der Waals surface area contributed by atoms with E-state index < -0.39 is 27.5 Å². The maximum atomic E-state index is 11.7. The van der Waals surface area contributed by atoms with Crippen molar-refractivity contribution >= 4 is 27.4 Å². The lowest BCUT2D eigenvalue weighted by Crippen LogP contribution is -2.25. The summed E-state index contributed by atoms with van der Waals surface area (Å²) in [4.78, 5) is 23.2. The zero-order valence-corrected chi connectivity index (χ0v) is 12.1. The molecule has 0 unspecified atom stereocenters. The third kappa shape index (κ3) is 5.24. The average molecular weight is 310 g/mol. The van der Waals surface area contributed by atoms with E-state index >= 15 is 0 Å². The van der Waals surface area contributed by atoms with Gasteiger partial charge in [-0.25, -0.2) is 13.2 Å². The lowest BCUT2D eigenvalue weighted by Gasteiger charge is -2.09. The normalized spacial score (nSPS) is 10.5. The number of esters is 1. The SMILES string of the molecule is COC(=O)c1ccccc1NC(=O)CS(=O)(=O)CCC#N. The van der Waals surface area contributed by atoms with Gasteiger partial charge in [-0.3, -0.25) is 4.79 Å². The van der Waals surface area contributed by atoms with Crippen LogP contribution in [0.25, 0.3) is 0 Å². The molecule has 7 nitrogen and oxygen atoms in total. The number of methoxy groups -OCH3 is 1. The van der Waals surface area contributed by atoms with Crippen molar-refractivity contribution in [2.75, 3.05) is 23.9 Å². The third-order valence-electron chi connectivity index (χ3n) is 2.48. The van der Waals surface area contributed by atoms with Gasteiger partial charge in [-0.2, -0.15) is 5.26 Å². The van der Waals surface area contributed by atoms with E-state index in [0.717, 1.165) is 0 Å². The van der Waals surface area contributed by atoms with Crippen LogP contribution in [0.1, 0.15) is 16.8 Å². The molecule has 0 heterocycles. The predicted molar refractivity (Wildman–Crippen MR) is 75.3 cm³/mol. The third-order valence-corrected chi connectivity index (χ3v) is 4.01. The first-order valence-corrected chi connectivity index (χ1v) is 7.76. The number of nitriles is 1. The first-order valence-electron chi connectivity index (χ1n) is 5.94. The van der Waals surface area contributed by atoms with Gasteiger partial charge >= 0.3 is 5.97 Å². The molecule has 0 aliphatic heterocycles. The van der Waals surface area contributed by atoms with E-state index in [2.05, 4.69) is 10.1 Å². The van der Waals surface area contributed by atoms with Crippen LogP contribution in [-0.4, -0.2) is 38.9 Å². The molecule has 0 aromatic heterocycles. The Hall–Kier alpha value is -2.40. The van der Waals surface area contributed by atoms with Gasteiger partial charge in [0, 0.05) is 6.42 Å². The Labute approximate surface area is 122 Å². The van der Waals surface area contributed by atoms with E-state index in [-0.39, 0.29) is 23.4 Å². The number of nitrogens with zero attached hydrogens (tertiary/aromatic N) is 1. The lowest BCUT2D eigenvalue weighted by molar-refractivity contribution is -0.113. The molecule has 21 heavy (non-hydrogen) atoms. The number of anilines is 1. The maximum absolute atomic E-state index is 11.7. The fourth-order valence-electron chi connectivity index (χ4n) is 1.54. The number of sulfone groups is 1. The molecule has 1 N–H and O–H groups in total. The zero-order chi connectivity index (χ0) is 15.9. The summed E-state index contributed by atoms with van der Waals surface area (Å²) in [7, 11) is -2.45. The second kappa shape index (κ2) is 7.40. The molecular weight excluding hydrogens is 296 g/mol. The molecule has 1 aromatic rings. The van der Waals surface area contributed by atoms with Crippen LogP contribution in [0.5, 0.6) is 0 Å². The topological polar surface area (TPSA) is 113 Å². The van der Waals surface area contributed by atoms with Gasteiger partial charge in [0.25, 0.3) is 0 Å². The number of nitrogens with one attached hydrogen (secondary N) is 1. The highest BCUT2D eigenvalue weighted by molar-refractivity contribution is 7.92. The Kier molecular flexibility index (Phi) is 5.87. The molecule has 0 fully saturated rings. The van der Waals surface area contributed by atoms with Gasteiger partial charge in [-0.15, -0.1) is 0 Å². The Morgan fingerprint density at radius 2 is 2.00 bits per heavy atom. The Balaban J connectivity index is 2.81. The van der Waals surface area contributed by atoms with Gasteiger partial charge in [0.1, 0.15) is 5.75 Å². The largest absolute Gasteiger partial charge is 0.465 e. The molecule has 0 radical (unpaired) electrons. The highest BCUT2D eigenvalue weighted by atomic mass is 32.2. The van der Waals surface area contributed by atoms with Gasteiger partial charge in [-0.1, -0.05) is 12.1 Å². The van der Waals surface area contributed by atoms with Gasteiger partial charge in [0.2, 0.25) is 5.91 Å². The number of rotatable bonds is 6. The summed E-state index contributed by atoms with van der Waals surface area (Å²) in [5, 5.41) is 10.7. The number of carbonyl (C=O) groups excluding carboxylic acids is 2. The van der Waals surface area contributed by atoms with E-state index in [1.807, 2.05) is 0 Å². The fourth-order valence-corrected chi connectivity index (χ4v) is 2.56. The van der Waals surface area contributed by atoms with Crippen molar-refractivity contribution in [2.45, 2.75) is 6.42 Å². The number of hydrogen-bond acceptors (Lipinski definition) is 6. The minimum atomic E-state index is -3.65. The molecule has 1 rings (SSSR count). The number of carbonyl (C=O) groups is 2. The van der Waals surface area contributed by atoms with Gasteiger partial charge < -0.3 is 10.1 Å². The predicted octanol–water partition coefficient (Wildman–Crippen LogP) is 0.740. The van der Waals surface area contributed by atoms with Crippen molar-refractivity contribution in [3.63, 3.8) is 0 Å². The van der Waals surface area contributed by atoms with Gasteiger partial charge in [0.15, 0.2) is 9.84 Å². The molecule has 0 atom stereocenters. The summed E-state index contributed by atoms with van der Waals surface area (Å²) in [6.07, 6.45) is -0.172. The Morgan fingerprint density at radius 1 is 1.33 bits per heavy atom. The molecule has 0 saturated carbocycles. The molecule has 112 valence electrons. The molecule has 1 aromatic carbocycles. The maximum Gasteiger partial charge on any atom is 0.339 e.